The standard InChI is InChI=1S/C18H22N2O2S/c1-12-8-16(23-17(12)13-6-4-3-5-7-13)18(22)19-14-9-15(11-21)20(2)10-14/h3-8,14-15,21H,9-11H2,1-2H3,(H,19,22)/t14-,15+/m1/s1. The molecule has 0 saturated carbocycles. The van der Waals surface area contributed by atoms with E-state index in [2.05, 4.69) is 22.3 Å². The van der Waals surface area contributed by atoms with Crippen molar-refractivity contribution < 1.29 is 9.90 Å². The number of nitrogens with one attached hydrogen (secondary N) is 1. The first kappa shape index (κ1) is 16.2. The Morgan fingerprint density at radius 3 is 2.78 bits per heavy atom. The van der Waals surface area contributed by atoms with E-state index in [0.29, 0.717) is 0 Å². The molecule has 4 nitrogen and oxygen atoms in total. The van der Waals surface area contributed by atoms with Crippen LogP contribution in [-0.4, -0.2) is 48.2 Å². The Kier molecular flexibility index (Phi) is 4.80. The zero-order valence-corrected chi connectivity index (χ0v) is 14.3. The van der Waals surface area contributed by atoms with E-state index in [9.17, 15) is 9.90 Å². The van der Waals surface area contributed by atoms with Gasteiger partial charge in [0, 0.05) is 23.5 Å². The summed E-state index contributed by atoms with van der Waals surface area (Å²) in [6.07, 6.45) is 0.800. The van der Waals surface area contributed by atoms with E-state index in [0.717, 1.165) is 33.8 Å². The quantitative estimate of drug-likeness (QED) is 0.906. The second kappa shape index (κ2) is 6.83. The van der Waals surface area contributed by atoms with Gasteiger partial charge in [-0.2, -0.15) is 0 Å². The number of hydrogen-bond donors (Lipinski definition) is 2. The third-order valence-corrected chi connectivity index (χ3v) is 5.70. The SMILES string of the molecule is Cc1cc(C(=O)N[C@@H]2C[C@@H](CO)N(C)C2)sc1-c1ccccc1. The molecule has 1 fully saturated rings. The van der Waals surface area contributed by atoms with Crippen LogP contribution in [0.4, 0.5) is 0 Å². The van der Waals surface area contributed by atoms with Crippen molar-refractivity contribution in [2.75, 3.05) is 20.2 Å². The number of aliphatic hydroxyl groups excluding tert-OH is 1. The highest BCUT2D eigenvalue weighted by molar-refractivity contribution is 7.17. The molecule has 0 bridgehead atoms. The molecule has 2 atom stereocenters. The van der Waals surface area contributed by atoms with Crippen molar-refractivity contribution in [2.24, 2.45) is 0 Å². The zero-order valence-electron chi connectivity index (χ0n) is 13.5. The summed E-state index contributed by atoms with van der Waals surface area (Å²) in [5.74, 6) is -0.0164. The number of thiophene rings is 1. The maximum atomic E-state index is 12.5. The first-order chi connectivity index (χ1) is 11.1. The lowest BCUT2D eigenvalue weighted by Crippen LogP contribution is -2.36. The minimum Gasteiger partial charge on any atom is -0.395 e. The number of benzene rings is 1. The lowest BCUT2D eigenvalue weighted by Gasteiger charge is -2.15. The van der Waals surface area contributed by atoms with Gasteiger partial charge in [0.05, 0.1) is 11.5 Å². The van der Waals surface area contributed by atoms with Gasteiger partial charge in [0.2, 0.25) is 0 Å². The number of hydrogen-bond acceptors (Lipinski definition) is 4. The fraction of sp³-hybridized carbons (Fsp3) is 0.389. The average molecular weight is 330 g/mol. The van der Waals surface area contributed by atoms with Crippen molar-refractivity contribution in [1.29, 1.82) is 0 Å². The van der Waals surface area contributed by atoms with E-state index in [1.165, 1.54) is 11.3 Å². The third kappa shape index (κ3) is 3.47. The summed E-state index contributed by atoms with van der Waals surface area (Å²) in [5, 5.41) is 12.4. The molecule has 2 aromatic rings. The van der Waals surface area contributed by atoms with Crippen LogP contribution in [0.1, 0.15) is 21.7 Å². The summed E-state index contributed by atoms with van der Waals surface area (Å²) in [5.41, 5.74) is 2.28. The van der Waals surface area contributed by atoms with Gasteiger partial charge in [0.25, 0.3) is 5.91 Å². The Labute approximate surface area is 140 Å². The first-order valence-electron chi connectivity index (χ1n) is 7.86. The highest BCUT2D eigenvalue weighted by Gasteiger charge is 2.30. The summed E-state index contributed by atoms with van der Waals surface area (Å²) in [6.45, 7) is 2.97. The number of aliphatic hydroxyl groups is 1. The number of likely N-dealkylation sites (tertiary alicyclic amines) is 1. The number of carbonyl (C=O) groups excluding carboxylic acids is 1. The molecule has 0 aliphatic carbocycles. The van der Waals surface area contributed by atoms with E-state index in [1.807, 2.05) is 38.2 Å². The van der Waals surface area contributed by atoms with Crippen LogP contribution >= 0.6 is 11.3 Å². The molecule has 1 aromatic heterocycles. The van der Waals surface area contributed by atoms with Crippen LogP contribution in [0.2, 0.25) is 0 Å². The number of aryl methyl sites for hydroxylation is 1. The van der Waals surface area contributed by atoms with Crippen molar-refractivity contribution in [1.82, 2.24) is 10.2 Å². The van der Waals surface area contributed by atoms with Crippen LogP contribution in [0.25, 0.3) is 10.4 Å². The zero-order chi connectivity index (χ0) is 16.4. The lowest BCUT2D eigenvalue weighted by atomic mass is 10.1. The highest BCUT2D eigenvalue weighted by atomic mass is 32.1. The third-order valence-electron chi connectivity index (χ3n) is 4.41. The Hall–Kier alpha value is -1.69. The van der Waals surface area contributed by atoms with Crippen molar-refractivity contribution >= 4 is 17.2 Å². The molecule has 1 aliphatic heterocycles. The Bertz CT molecular complexity index is 684. The van der Waals surface area contributed by atoms with Gasteiger partial charge in [-0.15, -0.1) is 11.3 Å². The maximum Gasteiger partial charge on any atom is 0.261 e. The molecule has 1 amide bonds. The van der Waals surface area contributed by atoms with Gasteiger partial charge < -0.3 is 10.4 Å². The number of carbonyl (C=O) groups is 1. The van der Waals surface area contributed by atoms with Crippen LogP contribution < -0.4 is 5.32 Å². The fourth-order valence-corrected chi connectivity index (χ4v) is 4.21. The Balaban J connectivity index is 1.72. The predicted octanol–water partition coefficient (Wildman–Crippen LogP) is 2.52. The lowest BCUT2D eigenvalue weighted by molar-refractivity contribution is 0.0942. The second-order valence-electron chi connectivity index (χ2n) is 6.17. The van der Waals surface area contributed by atoms with Gasteiger partial charge in [-0.05, 0) is 37.6 Å². The van der Waals surface area contributed by atoms with Crippen molar-refractivity contribution in [2.45, 2.75) is 25.4 Å². The minimum atomic E-state index is -0.0164. The molecule has 122 valence electrons. The van der Waals surface area contributed by atoms with Crippen LogP contribution in [0.5, 0.6) is 0 Å². The molecule has 23 heavy (non-hydrogen) atoms. The van der Waals surface area contributed by atoms with Gasteiger partial charge in [0.1, 0.15) is 0 Å². The number of nitrogens with zero attached hydrogens (tertiary/aromatic N) is 1. The normalized spacial score (nSPS) is 21.5. The van der Waals surface area contributed by atoms with E-state index in [-0.39, 0.29) is 24.6 Å². The molecule has 2 N–H and O–H groups in total. The van der Waals surface area contributed by atoms with E-state index in [1.54, 1.807) is 0 Å². The number of likely N-dealkylation sites (N-methyl/N-ethyl adjacent to an activating group) is 1. The first-order valence-corrected chi connectivity index (χ1v) is 8.68. The van der Waals surface area contributed by atoms with Gasteiger partial charge in [-0.3, -0.25) is 9.69 Å². The highest BCUT2D eigenvalue weighted by Crippen LogP contribution is 2.32. The monoisotopic (exact) mass is 330 g/mol. The molecule has 1 aromatic carbocycles. The Morgan fingerprint density at radius 1 is 1.39 bits per heavy atom. The largest absolute Gasteiger partial charge is 0.395 e. The molecule has 3 rings (SSSR count). The molecule has 1 aliphatic rings. The number of rotatable bonds is 4. The van der Waals surface area contributed by atoms with Gasteiger partial charge in [-0.1, -0.05) is 30.3 Å². The molecular formula is C18H22N2O2S. The van der Waals surface area contributed by atoms with Crippen molar-refractivity contribution in [3.8, 4) is 10.4 Å². The smallest absolute Gasteiger partial charge is 0.261 e. The van der Waals surface area contributed by atoms with Crippen LogP contribution in [0.15, 0.2) is 36.4 Å². The summed E-state index contributed by atoms with van der Waals surface area (Å²) in [7, 11) is 1.98. The van der Waals surface area contributed by atoms with Gasteiger partial charge in [-0.25, -0.2) is 0 Å². The predicted molar refractivity (Wildman–Crippen MR) is 93.9 cm³/mol. The maximum absolute atomic E-state index is 12.5. The van der Waals surface area contributed by atoms with Crippen molar-refractivity contribution in [3.63, 3.8) is 0 Å². The fourth-order valence-electron chi connectivity index (χ4n) is 3.12. The van der Waals surface area contributed by atoms with E-state index < -0.39 is 0 Å². The average Bonchev–Trinajstić information content (AvgIpc) is 3.11. The molecule has 2 heterocycles. The number of amides is 1. The summed E-state index contributed by atoms with van der Waals surface area (Å²) in [4.78, 5) is 16.5. The van der Waals surface area contributed by atoms with Gasteiger partial charge >= 0.3 is 0 Å². The van der Waals surface area contributed by atoms with Gasteiger partial charge in [0.15, 0.2) is 0 Å². The Morgan fingerprint density at radius 2 is 2.13 bits per heavy atom. The summed E-state index contributed by atoms with van der Waals surface area (Å²) < 4.78 is 0. The molecule has 1 saturated heterocycles. The molecule has 0 radical (unpaired) electrons. The van der Waals surface area contributed by atoms with E-state index >= 15 is 0 Å². The second-order valence-corrected chi connectivity index (χ2v) is 7.22. The van der Waals surface area contributed by atoms with Crippen LogP contribution in [0, 0.1) is 6.92 Å². The minimum absolute atomic E-state index is 0.0164. The van der Waals surface area contributed by atoms with Crippen molar-refractivity contribution in [3.05, 3.63) is 46.8 Å². The molecule has 5 heteroatoms. The van der Waals surface area contributed by atoms with E-state index in [4.69, 9.17) is 0 Å². The molecule has 0 unspecified atom stereocenters. The molecule has 0 spiro atoms. The summed E-state index contributed by atoms with van der Waals surface area (Å²) >= 11 is 1.54. The topological polar surface area (TPSA) is 52.6 Å². The van der Waals surface area contributed by atoms with Crippen LogP contribution in [0.3, 0.4) is 0 Å². The summed E-state index contributed by atoms with van der Waals surface area (Å²) in [6, 6.07) is 12.4. The molecular weight excluding hydrogens is 308 g/mol. The van der Waals surface area contributed by atoms with Crippen LogP contribution in [-0.2, 0) is 0 Å².